The van der Waals surface area contributed by atoms with Gasteiger partial charge in [-0.1, -0.05) is 18.2 Å². The van der Waals surface area contributed by atoms with Gasteiger partial charge >= 0.3 is 11.9 Å². The number of carboxylic acid groups (broad SMARTS) is 2. The Morgan fingerprint density at radius 3 is 2.18 bits per heavy atom. The van der Waals surface area contributed by atoms with Crippen molar-refractivity contribution in [2.75, 3.05) is 6.54 Å². The Hall–Kier alpha value is -4.66. The van der Waals surface area contributed by atoms with Crippen molar-refractivity contribution in [3.8, 4) is 0 Å². The number of rotatable bonds is 15. The van der Waals surface area contributed by atoms with Crippen LogP contribution in [-0.4, -0.2) is 81.5 Å². The first-order chi connectivity index (χ1) is 18.4. The Bertz CT molecular complexity index is 1220. The topological polar surface area (TPSA) is 268 Å². The summed E-state index contributed by atoms with van der Waals surface area (Å²) in [6, 6.07) is 2.09. The summed E-state index contributed by atoms with van der Waals surface area (Å²) < 4.78 is 0. The van der Waals surface area contributed by atoms with E-state index in [1.54, 1.807) is 12.3 Å². The molecular formula is C24H34N8O7. The summed E-state index contributed by atoms with van der Waals surface area (Å²) in [5, 5.41) is 26.7. The molecule has 0 aliphatic rings. The van der Waals surface area contributed by atoms with Gasteiger partial charge in [-0.15, -0.1) is 0 Å². The van der Waals surface area contributed by atoms with Crippen molar-refractivity contribution in [1.29, 1.82) is 0 Å². The number of nitrogens with two attached hydrogens (primary N) is 3. The second-order valence-corrected chi connectivity index (χ2v) is 8.92. The van der Waals surface area contributed by atoms with E-state index in [0.29, 0.717) is 5.56 Å². The Morgan fingerprint density at radius 2 is 1.56 bits per heavy atom. The molecule has 0 bridgehead atoms. The zero-order chi connectivity index (χ0) is 29.1. The summed E-state index contributed by atoms with van der Waals surface area (Å²) in [6.07, 6.45) is 0.988. The van der Waals surface area contributed by atoms with Gasteiger partial charge in [-0.2, -0.15) is 0 Å². The zero-order valence-corrected chi connectivity index (χ0v) is 21.3. The number of aromatic amines is 1. The number of amides is 3. The molecule has 0 aliphatic carbocycles. The van der Waals surface area contributed by atoms with Crippen LogP contribution in [-0.2, 0) is 30.4 Å². The minimum Gasteiger partial charge on any atom is -0.481 e. The first-order valence-electron chi connectivity index (χ1n) is 12.1. The Morgan fingerprint density at radius 1 is 0.949 bits per heavy atom. The SMILES string of the molecule is CC(N)C(=O)NC(Cc1c[nH]c2ccccc12)C(=O)NC(CC(=O)O)C(=O)NC(CCCN=C(N)N)C(=O)O. The van der Waals surface area contributed by atoms with Crippen LogP contribution in [0.5, 0.6) is 0 Å². The molecule has 15 nitrogen and oxygen atoms in total. The largest absolute Gasteiger partial charge is 0.481 e. The number of guanidine groups is 1. The fraction of sp³-hybridized carbons (Fsp3) is 0.417. The molecule has 0 saturated heterocycles. The number of H-pyrrole nitrogens is 1. The van der Waals surface area contributed by atoms with E-state index < -0.39 is 60.2 Å². The van der Waals surface area contributed by atoms with E-state index in [0.717, 1.165) is 10.9 Å². The van der Waals surface area contributed by atoms with Crippen molar-refractivity contribution in [3.05, 3.63) is 36.0 Å². The number of hydrogen-bond acceptors (Lipinski definition) is 7. The van der Waals surface area contributed by atoms with Gasteiger partial charge < -0.3 is 48.3 Å². The van der Waals surface area contributed by atoms with Gasteiger partial charge in [0, 0.05) is 30.1 Å². The lowest BCUT2D eigenvalue weighted by molar-refractivity contribution is -0.143. The molecule has 1 aromatic carbocycles. The second kappa shape index (κ2) is 14.3. The molecule has 0 aliphatic heterocycles. The van der Waals surface area contributed by atoms with Crippen molar-refractivity contribution in [3.63, 3.8) is 0 Å². The number of carbonyl (C=O) groups is 5. The third kappa shape index (κ3) is 9.62. The van der Waals surface area contributed by atoms with Crippen LogP contribution in [0.15, 0.2) is 35.5 Å². The molecule has 4 atom stereocenters. The summed E-state index contributed by atoms with van der Waals surface area (Å²) in [5.74, 6) is -5.47. The number of carboxylic acids is 2. The predicted octanol–water partition coefficient (Wildman–Crippen LogP) is -1.88. The van der Waals surface area contributed by atoms with E-state index >= 15 is 0 Å². The van der Waals surface area contributed by atoms with Crippen LogP contribution < -0.4 is 33.2 Å². The number of aliphatic imine (C=N–C) groups is 1. The van der Waals surface area contributed by atoms with Crippen LogP contribution >= 0.6 is 0 Å². The Balaban J connectivity index is 2.22. The van der Waals surface area contributed by atoms with E-state index in [1.165, 1.54) is 6.92 Å². The maximum Gasteiger partial charge on any atom is 0.326 e. The summed E-state index contributed by atoms with van der Waals surface area (Å²) >= 11 is 0. The molecule has 212 valence electrons. The highest BCUT2D eigenvalue weighted by Gasteiger charge is 2.31. The van der Waals surface area contributed by atoms with Crippen LogP contribution in [0.25, 0.3) is 10.9 Å². The van der Waals surface area contributed by atoms with Gasteiger partial charge in [0.05, 0.1) is 12.5 Å². The molecule has 4 unspecified atom stereocenters. The average molecular weight is 547 g/mol. The quantitative estimate of drug-likeness (QED) is 0.0681. The van der Waals surface area contributed by atoms with Gasteiger partial charge in [-0.05, 0) is 31.4 Å². The number of benzene rings is 1. The third-order valence-corrected chi connectivity index (χ3v) is 5.72. The first-order valence-corrected chi connectivity index (χ1v) is 12.1. The number of hydrogen-bond donors (Lipinski definition) is 9. The van der Waals surface area contributed by atoms with E-state index in [2.05, 4.69) is 25.9 Å². The van der Waals surface area contributed by atoms with Gasteiger partial charge in [0.15, 0.2) is 5.96 Å². The molecule has 2 rings (SSSR count). The van der Waals surface area contributed by atoms with Crippen molar-refractivity contribution in [2.24, 2.45) is 22.2 Å². The molecule has 3 amide bonds. The molecule has 0 radical (unpaired) electrons. The summed E-state index contributed by atoms with van der Waals surface area (Å²) in [7, 11) is 0. The highest BCUT2D eigenvalue weighted by atomic mass is 16.4. The highest BCUT2D eigenvalue weighted by Crippen LogP contribution is 2.19. The van der Waals surface area contributed by atoms with Crippen LogP contribution in [0.2, 0.25) is 0 Å². The van der Waals surface area contributed by atoms with Gasteiger partial charge in [0.2, 0.25) is 17.7 Å². The Kier molecular flexibility index (Phi) is 11.2. The lowest BCUT2D eigenvalue weighted by Gasteiger charge is -2.24. The first kappa shape index (κ1) is 30.6. The fourth-order valence-electron chi connectivity index (χ4n) is 3.72. The maximum atomic E-state index is 13.2. The number of fused-ring (bicyclic) bond motifs is 1. The number of aromatic nitrogens is 1. The monoisotopic (exact) mass is 546 g/mol. The number of carbonyl (C=O) groups excluding carboxylic acids is 3. The fourth-order valence-corrected chi connectivity index (χ4v) is 3.72. The van der Waals surface area contributed by atoms with E-state index in [1.807, 2.05) is 18.2 Å². The van der Waals surface area contributed by atoms with Crippen molar-refractivity contribution >= 4 is 46.5 Å². The third-order valence-electron chi connectivity index (χ3n) is 5.72. The van der Waals surface area contributed by atoms with Crippen molar-refractivity contribution < 1.29 is 34.2 Å². The van der Waals surface area contributed by atoms with Gasteiger partial charge in [0.1, 0.15) is 18.1 Å². The highest BCUT2D eigenvalue weighted by molar-refractivity contribution is 5.96. The van der Waals surface area contributed by atoms with Crippen LogP contribution in [0, 0.1) is 0 Å². The Labute approximate surface area is 223 Å². The molecule has 15 heteroatoms. The zero-order valence-electron chi connectivity index (χ0n) is 21.3. The minimum absolute atomic E-state index is 0.00173. The average Bonchev–Trinajstić information content (AvgIpc) is 3.26. The molecule has 1 heterocycles. The molecule has 0 saturated carbocycles. The lowest BCUT2D eigenvalue weighted by atomic mass is 10.0. The van der Waals surface area contributed by atoms with Gasteiger partial charge in [-0.25, -0.2) is 4.79 Å². The summed E-state index contributed by atoms with van der Waals surface area (Å²) in [5.41, 5.74) is 17.6. The summed E-state index contributed by atoms with van der Waals surface area (Å²) in [6.45, 7) is 1.54. The minimum atomic E-state index is -1.63. The van der Waals surface area contributed by atoms with E-state index in [9.17, 15) is 34.2 Å². The number of nitrogens with one attached hydrogen (secondary N) is 4. The van der Waals surface area contributed by atoms with Gasteiger partial charge in [-0.3, -0.25) is 24.2 Å². The lowest BCUT2D eigenvalue weighted by Crippen LogP contribution is -2.57. The maximum absolute atomic E-state index is 13.2. The van der Waals surface area contributed by atoms with Crippen molar-refractivity contribution in [1.82, 2.24) is 20.9 Å². The van der Waals surface area contributed by atoms with E-state index in [4.69, 9.17) is 17.2 Å². The number of para-hydroxylation sites is 1. The molecule has 0 spiro atoms. The van der Waals surface area contributed by atoms with Crippen LogP contribution in [0.1, 0.15) is 31.7 Å². The predicted molar refractivity (Wildman–Crippen MR) is 141 cm³/mol. The second-order valence-electron chi connectivity index (χ2n) is 8.92. The smallest absolute Gasteiger partial charge is 0.326 e. The molecule has 1 aromatic heterocycles. The molecule has 2 aromatic rings. The number of nitrogens with zero attached hydrogens (tertiary/aromatic N) is 1. The summed E-state index contributed by atoms with van der Waals surface area (Å²) in [4.78, 5) is 68.4. The molecule has 12 N–H and O–H groups in total. The molecule has 39 heavy (non-hydrogen) atoms. The number of aliphatic carboxylic acids is 2. The van der Waals surface area contributed by atoms with Crippen molar-refractivity contribution in [2.45, 2.75) is 56.8 Å². The standard InChI is InChI=1S/C24H34N8O7/c1-12(25)20(35)31-17(9-13-11-29-15-6-3-2-5-14(13)15)21(36)32-18(10-19(33)34)22(37)30-16(23(38)39)7-4-8-28-24(26)27/h2-3,5-6,11-12,16-18,29H,4,7-10,25H2,1H3,(H,30,37)(H,31,35)(H,32,36)(H,33,34)(H,38,39)(H4,26,27,28). The normalized spacial score (nSPS) is 13.9. The van der Waals surface area contributed by atoms with Gasteiger partial charge in [0.25, 0.3) is 0 Å². The van der Waals surface area contributed by atoms with E-state index in [-0.39, 0.29) is 31.8 Å². The molecule has 0 fully saturated rings. The van der Waals surface area contributed by atoms with Crippen LogP contribution in [0.3, 0.4) is 0 Å². The molecular weight excluding hydrogens is 512 g/mol. The van der Waals surface area contributed by atoms with Crippen LogP contribution in [0.4, 0.5) is 0 Å².